The molecular weight excluding hydrogens is 378 g/mol. The lowest BCUT2D eigenvalue weighted by atomic mass is 10.1. The van der Waals surface area contributed by atoms with Crippen molar-refractivity contribution in [2.24, 2.45) is 0 Å². The first-order valence-electron chi connectivity index (χ1n) is 9.11. The van der Waals surface area contributed by atoms with Crippen molar-refractivity contribution in [3.05, 3.63) is 49.1 Å². The zero-order valence-corrected chi connectivity index (χ0v) is 16.3. The first kappa shape index (κ1) is 22.2. The largest absolute Gasteiger partial charge is 0.497 e. The van der Waals surface area contributed by atoms with Crippen LogP contribution in [0.25, 0.3) is 10.8 Å². The van der Waals surface area contributed by atoms with Gasteiger partial charge in [-0.3, -0.25) is 0 Å². The first-order valence-corrected chi connectivity index (χ1v) is 9.11. The fraction of sp³-hybridized carbons (Fsp3) is 0.333. The van der Waals surface area contributed by atoms with Gasteiger partial charge < -0.3 is 29.0 Å². The monoisotopic (exact) mass is 403 g/mol. The number of hydrogen-bond acceptors (Lipinski definition) is 7. The molecule has 0 saturated heterocycles. The molecule has 29 heavy (non-hydrogen) atoms. The zero-order valence-electron chi connectivity index (χ0n) is 16.3. The Labute approximate surface area is 169 Å². The Bertz CT molecular complexity index is 822. The standard InChI is InChI=1S/C21H25NO7/c1-3-20(23)28-14-13-27-12-11-26-10-9-22-21(24)29-19-6-4-5-16-15-17(25-2)7-8-18(16)19/h3-8,15H,1,9-14H2,2H3,(H,22,24). The number of benzene rings is 2. The van der Waals surface area contributed by atoms with Crippen molar-refractivity contribution in [2.75, 3.05) is 46.7 Å². The van der Waals surface area contributed by atoms with E-state index in [-0.39, 0.29) is 13.2 Å². The molecule has 2 rings (SSSR count). The van der Waals surface area contributed by atoms with E-state index < -0.39 is 12.1 Å². The summed E-state index contributed by atoms with van der Waals surface area (Å²) in [4.78, 5) is 22.8. The Morgan fingerprint density at radius 1 is 1.03 bits per heavy atom. The maximum absolute atomic E-state index is 12.0. The van der Waals surface area contributed by atoms with Gasteiger partial charge in [0, 0.05) is 18.0 Å². The average Bonchev–Trinajstić information content (AvgIpc) is 2.74. The van der Waals surface area contributed by atoms with Crippen LogP contribution >= 0.6 is 0 Å². The summed E-state index contributed by atoms with van der Waals surface area (Å²) in [5.41, 5.74) is 0. The van der Waals surface area contributed by atoms with Crippen LogP contribution in [0.4, 0.5) is 4.79 Å². The third kappa shape index (κ3) is 7.81. The highest BCUT2D eigenvalue weighted by Gasteiger charge is 2.08. The topological polar surface area (TPSA) is 92.3 Å². The van der Waals surface area contributed by atoms with Crippen LogP contribution < -0.4 is 14.8 Å². The molecule has 1 N–H and O–H groups in total. The van der Waals surface area contributed by atoms with E-state index in [1.807, 2.05) is 30.3 Å². The van der Waals surface area contributed by atoms with Crippen molar-refractivity contribution in [1.29, 1.82) is 0 Å². The normalized spacial score (nSPS) is 10.4. The number of amides is 1. The van der Waals surface area contributed by atoms with Gasteiger partial charge in [0.05, 0.1) is 33.5 Å². The summed E-state index contributed by atoms with van der Waals surface area (Å²) < 4.78 is 25.9. The molecule has 156 valence electrons. The minimum atomic E-state index is -0.558. The number of hydrogen-bond donors (Lipinski definition) is 1. The van der Waals surface area contributed by atoms with Gasteiger partial charge in [-0.2, -0.15) is 0 Å². The number of methoxy groups -OCH3 is 1. The Kier molecular flexibility index (Phi) is 9.47. The van der Waals surface area contributed by atoms with Crippen LogP contribution in [0.3, 0.4) is 0 Å². The molecule has 0 saturated carbocycles. The SMILES string of the molecule is C=CC(=O)OCCOCCOCCNC(=O)Oc1cccc2cc(OC)ccc12. The summed E-state index contributed by atoms with van der Waals surface area (Å²) in [6, 6.07) is 11.0. The second kappa shape index (κ2) is 12.4. The highest BCUT2D eigenvalue weighted by Crippen LogP contribution is 2.28. The number of ether oxygens (including phenoxy) is 5. The number of carbonyl (C=O) groups excluding carboxylic acids is 2. The number of nitrogens with one attached hydrogen (secondary N) is 1. The smallest absolute Gasteiger partial charge is 0.412 e. The van der Waals surface area contributed by atoms with Crippen molar-refractivity contribution in [3.8, 4) is 11.5 Å². The van der Waals surface area contributed by atoms with Crippen LogP contribution in [0.15, 0.2) is 49.1 Å². The van der Waals surface area contributed by atoms with E-state index in [0.29, 0.717) is 32.1 Å². The molecule has 0 spiro atoms. The lowest BCUT2D eigenvalue weighted by molar-refractivity contribution is -0.139. The molecule has 2 aromatic carbocycles. The summed E-state index contributed by atoms with van der Waals surface area (Å²) in [5, 5.41) is 4.36. The summed E-state index contributed by atoms with van der Waals surface area (Å²) in [5.74, 6) is 0.721. The second-order valence-corrected chi connectivity index (χ2v) is 5.76. The predicted octanol–water partition coefficient (Wildman–Crippen LogP) is 2.70. The van der Waals surface area contributed by atoms with Crippen LogP contribution in [0.1, 0.15) is 0 Å². The van der Waals surface area contributed by atoms with Crippen molar-refractivity contribution in [2.45, 2.75) is 0 Å². The van der Waals surface area contributed by atoms with E-state index in [1.165, 1.54) is 0 Å². The molecule has 0 aromatic heterocycles. The highest BCUT2D eigenvalue weighted by atomic mass is 16.6. The van der Waals surface area contributed by atoms with Crippen LogP contribution in [-0.2, 0) is 19.0 Å². The van der Waals surface area contributed by atoms with E-state index in [0.717, 1.165) is 22.6 Å². The van der Waals surface area contributed by atoms with Crippen LogP contribution in [0.2, 0.25) is 0 Å². The number of rotatable bonds is 12. The maximum atomic E-state index is 12.0. The van der Waals surface area contributed by atoms with Gasteiger partial charge in [0.15, 0.2) is 0 Å². The molecule has 0 radical (unpaired) electrons. The molecule has 1 amide bonds. The number of carbonyl (C=O) groups is 2. The molecule has 0 heterocycles. The van der Waals surface area contributed by atoms with Gasteiger partial charge in [-0.25, -0.2) is 9.59 Å². The van der Waals surface area contributed by atoms with Crippen molar-refractivity contribution in [3.63, 3.8) is 0 Å². The molecule has 2 aromatic rings. The van der Waals surface area contributed by atoms with Gasteiger partial charge in [-0.1, -0.05) is 18.7 Å². The van der Waals surface area contributed by atoms with Gasteiger partial charge in [-0.05, 0) is 29.7 Å². The van der Waals surface area contributed by atoms with E-state index in [4.69, 9.17) is 23.7 Å². The lowest BCUT2D eigenvalue weighted by Crippen LogP contribution is -2.30. The molecule has 8 nitrogen and oxygen atoms in total. The Hall–Kier alpha value is -3.10. The molecule has 0 fully saturated rings. The fourth-order valence-electron chi connectivity index (χ4n) is 2.39. The molecular formula is C21H25NO7. The molecule has 0 aliphatic heterocycles. The van der Waals surface area contributed by atoms with Crippen LogP contribution in [-0.4, -0.2) is 58.8 Å². The van der Waals surface area contributed by atoms with E-state index in [2.05, 4.69) is 11.9 Å². The Morgan fingerprint density at radius 3 is 2.55 bits per heavy atom. The maximum Gasteiger partial charge on any atom is 0.412 e. The van der Waals surface area contributed by atoms with Crippen molar-refractivity contribution in [1.82, 2.24) is 5.32 Å². The molecule has 8 heteroatoms. The minimum absolute atomic E-state index is 0.166. The third-order valence-electron chi connectivity index (χ3n) is 3.78. The molecule has 0 bridgehead atoms. The number of fused-ring (bicyclic) bond motifs is 1. The third-order valence-corrected chi connectivity index (χ3v) is 3.78. The second-order valence-electron chi connectivity index (χ2n) is 5.76. The summed E-state index contributed by atoms with van der Waals surface area (Å²) in [7, 11) is 1.60. The quantitative estimate of drug-likeness (QED) is 0.331. The molecule has 0 unspecified atom stereocenters. The van der Waals surface area contributed by atoms with Gasteiger partial charge in [0.25, 0.3) is 0 Å². The fourth-order valence-corrected chi connectivity index (χ4v) is 2.39. The summed E-state index contributed by atoms with van der Waals surface area (Å²) in [6.07, 6.45) is 0.538. The van der Waals surface area contributed by atoms with Crippen molar-refractivity contribution >= 4 is 22.8 Å². The zero-order chi connectivity index (χ0) is 20.9. The van der Waals surface area contributed by atoms with E-state index in [9.17, 15) is 9.59 Å². The summed E-state index contributed by atoms with van der Waals surface area (Å²) >= 11 is 0. The Morgan fingerprint density at radius 2 is 1.79 bits per heavy atom. The highest BCUT2D eigenvalue weighted by molar-refractivity contribution is 5.91. The van der Waals surface area contributed by atoms with Crippen LogP contribution in [0.5, 0.6) is 11.5 Å². The molecule has 0 aliphatic rings. The average molecular weight is 403 g/mol. The van der Waals surface area contributed by atoms with E-state index in [1.54, 1.807) is 13.2 Å². The first-order chi connectivity index (χ1) is 14.1. The number of esters is 1. The minimum Gasteiger partial charge on any atom is -0.497 e. The van der Waals surface area contributed by atoms with Gasteiger partial charge in [0.2, 0.25) is 0 Å². The van der Waals surface area contributed by atoms with Gasteiger partial charge in [0.1, 0.15) is 18.1 Å². The summed E-state index contributed by atoms with van der Waals surface area (Å²) in [6.45, 7) is 5.07. The predicted molar refractivity (Wildman–Crippen MR) is 107 cm³/mol. The van der Waals surface area contributed by atoms with Gasteiger partial charge in [-0.15, -0.1) is 0 Å². The lowest BCUT2D eigenvalue weighted by Gasteiger charge is -2.10. The van der Waals surface area contributed by atoms with Crippen molar-refractivity contribution < 1.29 is 33.3 Å². The van der Waals surface area contributed by atoms with Gasteiger partial charge >= 0.3 is 12.1 Å². The molecule has 0 aliphatic carbocycles. The van der Waals surface area contributed by atoms with Crippen LogP contribution in [0, 0.1) is 0 Å². The van der Waals surface area contributed by atoms with E-state index >= 15 is 0 Å². The molecule has 0 atom stereocenters. The Balaban J connectivity index is 1.60.